The van der Waals surface area contributed by atoms with E-state index in [1.54, 1.807) is 6.20 Å². The Morgan fingerprint density at radius 2 is 2.21 bits per heavy atom. The molecule has 0 aromatic carbocycles. The van der Waals surface area contributed by atoms with Crippen molar-refractivity contribution in [1.82, 2.24) is 14.7 Å². The summed E-state index contributed by atoms with van der Waals surface area (Å²) in [6, 6.07) is 0. The Hall–Kier alpha value is -0.880. The second-order valence-electron chi connectivity index (χ2n) is 6.03. The fraction of sp³-hybridized carbons (Fsp3) is 0.692. The Kier molecular flexibility index (Phi) is 4.30. The number of hydrogen-bond acceptors (Lipinski definition) is 4. The fourth-order valence-electron chi connectivity index (χ4n) is 2.18. The largest absolute Gasteiger partial charge is 0.459 e. The average Bonchev–Trinajstić information content (AvgIpc) is 2.58. The Bertz CT molecular complexity index is 447. The van der Waals surface area contributed by atoms with Crippen LogP contribution in [0.5, 0.6) is 0 Å². The number of hydrogen-bond donors (Lipinski definition) is 0. The normalized spacial score (nSPS) is 17.3. The van der Waals surface area contributed by atoms with E-state index in [0.717, 1.165) is 24.1 Å². The standard InChI is InChI=1S/C13H20BrN3O2/c1-13(2,3)19-12(18)9-16-5-10(6-16)7-17-8-11(14)4-15-17/h4,8,10H,5-7,9H2,1-3H3. The fourth-order valence-corrected chi connectivity index (χ4v) is 2.51. The van der Waals surface area contributed by atoms with Gasteiger partial charge in [-0.2, -0.15) is 5.10 Å². The zero-order valence-electron chi connectivity index (χ0n) is 11.6. The van der Waals surface area contributed by atoms with E-state index in [1.807, 2.05) is 31.6 Å². The Labute approximate surface area is 122 Å². The average molecular weight is 330 g/mol. The van der Waals surface area contributed by atoms with Crippen LogP contribution >= 0.6 is 15.9 Å². The summed E-state index contributed by atoms with van der Waals surface area (Å²) in [6.45, 7) is 8.80. The molecule has 1 aromatic heterocycles. The molecule has 5 nitrogen and oxygen atoms in total. The minimum absolute atomic E-state index is 0.146. The second-order valence-corrected chi connectivity index (χ2v) is 6.94. The first-order chi connectivity index (χ1) is 8.82. The Morgan fingerprint density at radius 1 is 1.53 bits per heavy atom. The van der Waals surface area contributed by atoms with Crippen molar-refractivity contribution in [3.05, 3.63) is 16.9 Å². The summed E-state index contributed by atoms with van der Waals surface area (Å²) in [4.78, 5) is 13.8. The van der Waals surface area contributed by atoms with Crippen LogP contribution in [0.1, 0.15) is 20.8 Å². The maximum atomic E-state index is 11.6. The molecule has 1 saturated heterocycles. The molecule has 0 aliphatic carbocycles. The van der Waals surface area contributed by atoms with Crippen molar-refractivity contribution in [2.75, 3.05) is 19.6 Å². The van der Waals surface area contributed by atoms with Gasteiger partial charge in [-0.05, 0) is 36.7 Å². The van der Waals surface area contributed by atoms with Crippen molar-refractivity contribution in [2.45, 2.75) is 32.9 Å². The topological polar surface area (TPSA) is 47.4 Å². The molecular weight excluding hydrogens is 310 g/mol. The third-order valence-electron chi connectivity index (χ3n) is 2.85. The van der Waals surface area contributed by atoms with Gasteiger partial charge in [-0.25, -0.2) is 0 Å². The van der Waals surface area contributed by atoms with Crippen LogP contribution in [0.15, 0.2) is 16.9 Å². The van der Waals surface area contributed by atoms with Gasteiger partial charge in [0, 0.05) is 31.7 Å². The molecule has 1 fully saturated rings. The van der Waals surface area contributed by atoms with E-state index < -0.39 is 5.60 Å². The molecule has 1 aromatic rings. The van der Waals surface area contributed by atoms with Crippen LogP contribution < -0.4 is 0 Å². The van der Waals surface area contributed by atoms with Crippen LogP contribution in [-0.4, -0.2) is 45.9 Å². The number of aromatic nitrogens is 2. The van der Waals surface area contributed by atoms with E-state index in [9.17, 15) is 4.79 Å². The molecular formula is C13H20BrN3O2. The predicted molar refractivity (Wildman–Crippen MR) is 75.7 cm³/mol. The molecule has 0 spiro atoms. The van der Waals surface area contributed by atoms with Gasteiger partial charge in [0.15, 0.2) is 0 Å². The molecule has 0 unspecified atom stereocenters. The highest BCUT2D eigenvalue weighted by Crippen LogP contribution is 2.18. The zero-order chi connectivity index (χ0) is 14.0. The molecule has 0 radical (unpaired) electrons. The lowest BCUT2D eigenvalue weighted by atomic mass is 10.0. The van der Waals surface area contributed by atoms with E-state index in [-0.39, 0.29) is 5.97 Å². The van der Waals surface area contributed by atoms with Gasteiger partial charge in [0.05, 0.1) is 17.2 Å². The van der Waals surface area contributed by atoms with Gasteiger partial charge in [0.25, 0.3) is 0 Å². The maximum absolute atomic E-state index is 11.6. The minimum atomic E-state index is -0.400. The number of carbonyl (C=O) groups excluding carboxylic acids is 1. The van der Waals surface area contributed by atoms with Crippen molar-refractivity contribution >= 4 is 21.9 Å². The number of carbonyl (C=O) groups is 1. The number of nitrogens with zero attached hydrogens (tertiary/aromatic N) is 3. The summed E-state index contributed by atoms with van der Waals surface area (Å²) in [6.07, 6.45) is 3.76. The molecule has 0 bridgehead atoms. The lowest BCUT2D eigenvalue weighted by molar-refractivity contribution is -0.157. The quantitative estimate of drug-likeness (QED) is 0.792. The van der Waals surface area contributed by atoms with E-state index in [0.29, 0.717) is 12.5 Å². The highest BCUT2D eigenvalue weighted by Gasteiger charge is 2.30. The molecule has 1 aliphatic heterocycles. The van der Waals surface area contributed by atoms with Gasteiger partial charge in [0.2, 0.25) is 0 Å². The van der Waals surface area contributed by atoms with E-state index >= 15 is 0 Å². The SMILES string of the molecule is CC(C)(C)OC(=O)CN1CC(Cn2cc(Br)cn2)C1. The number of likely N-dealkylation sites (tertiary alicyclic amines) is 1. The summed E-state index contributed by atoms with van der Waals surface area (Å²) in [5.74, 6) is 0.419. The van der Waals surface area contributed by atoms with Gasteiger partial charge >= 0.3 is 5.97 Å². The van der Waals surface area contributed by atoms with E-state index in [1.165, 1.54) is 0 Å². The first-order valence-electron chi connectivity index (χ1n) is 6.44. The zero-order valence-corrected chi connectivity index (χ0v) is 13.2. The molecule has 2 heterocycles. The van der Waals surface area contributed by atoms with E-state index in [4.69, 9.17) is 4.74 Å². The van der Waals surface area contributed by atoms with Crippen LogP contribution in [-0.2, 0) is 16.1 Å². The highest BCUT2D eigenvalue weighted by atomic mass is 79.9. The van der Waals surface area contributed by atoms with Gasteiger partial charge in [-0.15, -0.1) is 0 Å². The molecule has 0 atom stereocenters. The first kappa shape index (κ1) is 14.5. The third kappa shape index (κ3) is 4.62. The van der Waals surface area contributed by atoms with Crippen molar-refractivity contribution < 1.29 is 9.53 Å². The summed E-state index contributed by atoms with van der Waals surface area (Å²) < 4.78 is 8.22. The molecule has 106 valence electrons. The summed E-state index contributed by atoms with van der Waals surface area (Å²) in [7, 11) is 0. The Balaban J connectivity index is 1.67. The van der Waals surface area contributed by atoms with Gasteiger partial charge in [0.1, 0.15) is 5.60 Å². The Morgan fingerprint density at radius 3 is 2.74 bits per heavy atom. The van der Waals surface area contributed by atoms with Gasteiger partial charge in [-0.1, -0.05) is 0 Å². The molecule has 19 heavy (non-hydrogen) atoms. The molecule has 1 aliphatic rings. The smallest absolute Gasteiger partial charge is 0.320 e. The minimum Gasteiger partial charge on any atom is -0.459 e. The molecule has 0 N–H and O–H groups in total. The van der Waals surface area contributed by atoms with Crippen LogP contribution in [0.4, 0.5) is 0 Å². The molecule has 0 amide bonds. The van der Waals surface area contributed by atoms with Crippen molar-refractivity contribution in [3.63, 3.8) is 0 Å². The lowest BCUT2D eigenvalue weighted by Gasteiger charge is -2.38. The highest BCUT2D eigenvalue weighted by molar-refractivity contribution is 9.10. The predicted octanol–water partition coefficient (Wildman–Crippen LogP) is 1.92. The number of halogens is 1. The monoisotopic (exact) mass is 329 g/mol. The van der Waals surface area contributed by atoms with Crippen LogP contribution in [0.25, 0.3) is 0 Å². The lowest BCUT2D eigenvalue weighted by Crippen LogP contribution is -2.51. The van der Waals surface area contributed by atoms with Crippen LogP contribution in [0, 0.1) is 5.92 Å². The van der Waals surface area contributed by atoms with Crippen molar-refractivity contribution in [3.8, 4) is 0 Å². The van der Waals surface area contributed by atoms with E-state index in [2.05, 4.69) is 25.9 Å². The first-order valence-corrected chi connectivity index (χ1v) is 7.23. The van der Waals surface area contributed by atoms with Crippen LogP contribution in [0.3, 0.4) is 0 Å². The summed E-state index contributed by atoms with van der Waals surface area (Å²) in [5, 5.41) is 4.23. The van der Waals surface area contributed by atoms with Crippen molar-refractivity contribution in [1.29, 1.82) is 0 Å². The summed E-state index contributed by atoms with van der Waals surface area (Å²) >= 11 is 3.38. The number of ether oxygens (including phenoxy) is 1. The van der Waals surface area contributed by atoms with Gasteiger partial charge < -0.3 is 4.74 Å². The summed E-state index contributed by atoms with van der Waals surface area (Å²) in [5.41, 5.74) is -0.400. The molecule has 2 rings (SSSR count). The maximum Gasteiger partial charge on any atom is 0.320 e. The molecule has 0 saturated carbocycles. The second kappa shape index (κ2) is 5.63. The van der Waals surface area contributed by atoms with Crippen molar-refractivity contribution in [2.24, 2.45) is 5.92 Å². The van der Waals surface area contributed by atoms with Crippen LogP contribution in [0.2, 0.25) is 0 Å². The number of rotatable bonds is 4. The molecule has 6 heteroatoms. The van der Waals surface area contributed by atoms with Gasteiger partial charge in [-0.3, -0.25) is 14.4 Å². The third-order valence-corrected chi connectivity index (χ3v) is 3.26. The number of esters is 1.